The fourth-order valence-electron chi connectivity index (χ4n) is 6.98. The van der Waals surface area contributed by atoms with Crippen LogP contribution in [0.2, 0.25) is 0 Å². The molecule has 0 radical (unpaired) electrons. The van der Waals surface area contributed by atoms with Gasteiger partial charge in [0.25, 0.3) is 0 Å². The Kier molecular flexibility index (Phi) is 11.3. The quantitative estimate of drug-likeness (QED) is 0.0764. The molecule has 0 N–H and O–H groups in total. The van der Waals surface area contributed by atoms with Gasteiger partial charge in [-0.25, -0.2) is 4.79 Å². The average Bonchev–Trinajstić information content (AvgIpc) is 3.18. The van der Waals surface area contributed by atoms with Gasteiger partial charge < -0.3 is 18.9 Å². The Morgan fingerprint density at radius 3 is 1.40 bits per heavy atom. The van der Waals surface area contributed by atoms with Gasteiger partial charge in [-0.15, -0.1) is 0 Å². The molecule has 1 aliphatic rings. The summed E-state index contributed by atoms with van der Waals surface area (Å²) in [6.07, 6.45) is 4.86. The molecule has 5 nitrogen and oxygen atoms in total. The van der Waals surface area contributed by atoms with Gasteiger partial charge in [0.15, 0.2) is 0 Å². The summed E-state index contributed by atoms with van der Waals surface area (Å²) in [5, 5.41) is 0. The second-order valence-corrected chi connectivity index (χ2v) is 13.3. The van der Waals surface area contributed by atoms with Crippen LogP contribution < -0.4 is 18.9 Å². The van der Waals surface area contributed by atoms with Crippen LogP contribution in [0.4, 0.5) is 0 Å². The Bertz CT molecular complexity index is 2190. The molecule has 0 unspecified atom stereocenters. The van der Waals surface area contributed by atoms with E-state index in [0.29, 0.717) is 56.8 Å². The minimum absolute atomic E-state index is 0.389. The zero-order valence-corrected chi connectivity index (χ0v) is 30.2. The number of ether oxygens (including phenoxy) is 4. The maximum absolute atomic E-state index is 13.7. The van der Waals surface area contributed by atoms with Crippen molar-refractivity contribution >= 4 is 5.97 Å². The van der Waals surface area contributed by atoms with Gasteiger partial charge in [-0.1, -0.05) is 141 Å². The van der Waals surface area contributed by atoms with E-state index >= 15 is 0 Å². The fourth-order valence-corrected chi connectivity index (χ4v) is 6.98. The van der Waals surface area contributed by atoms with Crippen LogP contribution in [0.25, 0.3) is 0 Å². The van der Waals surface area contributed by atoms with E-state index in [1.165, 1.54) is 0 Å². The number of hydrogen-bond donors (Lipinski definition) is 0. The molecular formula is C48H44O5. The SMILES string of the molecule is C=CCOc1c2cccc1Cc1cccc(c1OCc1ccccc1)Cc1cccc(c1OC(=O)c1ccccc1)Cc1cccc(c1OCCC)C2. The van der Waals surface area contributed by atoms with E-state index in [9.17, 15) is 4.79 Å². The van der Waals surface area contributed by atoms with Gasteiger partial charge >= 0.3 is 5.97 Å². The van der Waals surface area contributed by atoms with E-state index in [2.05, 4.69) is 80.2 Å². The first-order valence-corrected chi connectivity index (χ1v) is 18.3. The Labute approximate surface area is 312 Å². The molecule has 0 spiro atoms. The summed E-state index contributed by atoms with van der Waals surface area (Å²) in [4.78, 5) is 13.7. The zero-order chi connectivity index (χ0) is 36.4. The van der Waals surface area contributed by atoms with Crippen LogP contribution in [-0.2, 0) is 32.3 Å². The van der Waals surface area contributed by atoms with Gasteiger partial charge in [0.2, 0.25) is 0 Å². The van der Waals surface area contributed by atoms with Crippen molar-refractivity contribution in [3.8, 4) is 23.0 Å². The van der Waals surface area contributed by atoms with E-state index < -0.39 is 5.97 Å². The van der Waals surface area contributed by atoms with Crippen molar-refractivity contribution in [2.75, 3.05) is 13.2 Å². The first-order valence-electron chi connectivity index (χ1n) is 18.3. The number of esters is 1. The largest absolute Gasteiger partial charge is 0.493 e. The lowest BCUT2D eigenvalue weighted by Gasteiger charge is -2.22. The molecule has 6 aromatic rings. The van der Waals surface area contributed by atoms with Crippen LogP contribution in [0, 0.1) is 0 Å². The number of carbonyl (C=O) groups is 1. The molecule has 0 saturated carbocycles. The summed E-state index contributed by atoms with van der Waals surface area (Å²) in [5.74, 6) is 2.68. The second-order valence-electron chi connectivity index (χ2n) is 13.3. The maximum atomic E-state index is 13.7. The van der Waals surface area contributed by atoms with Crippen molar-refractivity contribution < 1.29 is 23.7 Å². The molecule has 266 valence electrons. The van der Waals surface area contributed by atoms with E-state index in [1.54, 1.807) is 18.2 Å². The maximum Gasteiger partial charge on any atom is 0.343 e. The molecule has 1 aliphatic carbocycles. The summed E-state index contributed by atoms with van der Waals surface area (Å²) in [5.41, 5.74) is 9.62. The smallest absolute Gasteiger partial charge is 0.343 e. The summed E-state index contributed by atoms with van der Waals surface area (Å²) in [6, 6.07) is 44.5. The summed E-state index contributed by atoms with van der Waals surface area (Å²) >= 11 is 0. The van der Waals surface area contributed by atoms with Gasteiger partial charge in [-0.2, -0.15) is 0 Å². The van der Waals surface area contributed by atoms with Crippen molar-refractivity contribution in [2.24, 2.45) is 0 Å². The van der Waals surface area contributed by atoms with Gasteiger partial charge in [0.1, 0.15) is 36.2 Å². The van der Waals surface area contributed by atoms with Crippen molar-refractivity contribution in [3.63, 3.8) is 0 Å². The molecule has 53 heavy (non-hydrogen) atoms. The van der Waals surface area contributed by atoms with E-state index in [1.807, 2.05) is 54.6 Å². The van der Waals surface area contributed by atoms with Crippen molar-refractivity contribution in [1.82, 2.24) is 0 Å². The van der Waals surface area contributed by atoms with E-state index in [0.717, 1.165) is 73.7 Å². The molecule has 8 bridgehead atoms. The summed E-state index contributed by atoms with van der Waals surface area (Å²) in [7, 11) is 0. The van der Waals surface area contributed by atoms with Crippen LogP contribution >= 0.6 is 0 Å². The number of carbonyl (C=O) groups excluding carboxylic acids is 1. The highest BCUT2D eigenvalue weighted by Gasteiger charge is 2.23. The molecule has 7 rings (SSSR count). The highest BCUT2D eigenvalue weighted by atomic mass is 16.5. The second kappa shape index (κ2) is 17.0. The predicted molar refractivity (Wildman–Crippen MR) is 211 cm³/mol. The van der Waals surface area contributed by atoms with E-state index in [4.69, 9.17) is 18.9 Å². The molecule has 6 aromatic carbocycles. The first kappa shape index (κ1) is 35.3. The lowest BCUT2D eigenvalue weighted by atomic mass is 9.91. The molecule has 5 heteroatoms. The van der Waals surface area contributed by atoms with Crippen LogP contribution in [0.1, 0.15) is 73.8 Å². The summed E-state index contributed by atoms with van der Waals surface area (Å²) < 4.78 is 26.2. The number of hydrogen-bond acceptors (Lipinski definition) is 5. The molecule has 0 aliphatic heterocycles. The Hall–Kier alpha value is -6.07. The van der Waals surface area contributed by atoms with Gasteiger partial charge in [-0.3, -0.25) is 0 Å². The zero-order valence-electron chi connectivity index (χ0n) is 30.2. The van der Waals surface area contributed by atoms with E-state index in [-0.39, 0.29) is 0 Å². The molecule has 0 aromatic heterocycles. The third-order valence-corrected chi connectivity index (χ3v) is 9.46. The number of rotatable bonds is 11. The Morgan fingerprint density at radius 1 is 0.528 bits per heavy atom. The lowest BCUT2D eigenvalue weighted by Crippen LogP contribution is -2.13. The minimum Gasteiger partial charge on any atom is -0.493 e. The molecule has 0 saturated heterocycles. The number of fused-ring (bicyclic) bond motifs is 8. The summed E-state index contributed by atoms with van der Waals surface area (Å²) in [6.45, 7) is 7.44. The van der Waals surface area contributed by atoms with Gasteiger partial charge in [-0.05, 0) is 68.6 Å². The van der Waals surface area contributed by atoms with Crippen LogP contribution in [0.5, 0.6) is 23.0 Å². The molecule has 0 atom stereocenters. The highest BCUT2D eigenvalue weighted by Crippen LogP contribution is 2.39. The Morgan fingerprint density at radius 2 is 0.943 bits per heavy atom. The van der Waals surface area contributed by atoms with Gasteiger partial charge in [0.05, 0.1) is 12.2 Å². The fraction of sp³-hybridized carbons (Fsp3) is 0.188. The normalized spacial score (nSPS) is 12.0. The van der Waals surface area contributed by atoms with Crippen LogP contribution in [0.3, 0.4) is 0 Å². The monoisotopic (exact) mass is 700 g/mol. The standard InChI is InChI=1S/C48H44O5/c1-3-27-50-44-36-19-11-21-38(44)30-40-23-13-24-41(46(40)52-33-34-15-7-5-8-16-34)32-43-26-14-25-42(47(43)53-48(49)35-17-9-6-10-18-35)31-39-22-12-20-37(29-36)45(39)51-28-4-2/h3,5-26H,1,4,27-33H2,2H3. The number of benzene rings is 6. The van der Waals surface area contributed by atoms with Gasteiger partial charge in [0, 0.05) is 25.7 Å². The first-order chi connectivity index (χ1) is 26.1. The topological polar surface area (TPSA) is 54.0 Å². The lowest BCUT2D eigenvalue weighted by molar-refractivity contribution is 0.0731. The van der Waals surface area contributed by atoms with Crippen LogP contribution in [0.15, 0.2) is 146 Å². The minimum atomic E-state index is -0.398. The third kappa shape index (κ3) is 8.37. The molecule has 0 heterocycles. The average molecular weight is 701 g/mol. The Balaban J connectivity index is 1.42. The van der Waals surface area contributed by atoms with Crippen molar-refractivity contribution in [3.05, 3.63) is 202 Å². The van der Waals surface area contributed by atoms with Crippen LogP contribution in [-0.4, -0.2) is 19.2 Å². The predicted octanol–water partition coefficient (Wildman–Crippen LogP) is 10.5. The molecule has 0 amide bonds. The molecular weight excluding hydrogens is 657 g/mol. The highest BCUT2D eigenvalue weighted by molar-refractivity contribution is 5.91. The van der Waals surface area contributed by atoms with Crippen molar-refractivity contribution in [1.29, 1.82) is 0 Å². The number of para-hydroxylation sites is 4. The molecule has 0 fully saturated rings. The third-order valence-electron chi connectivity index (χ3n) is 9.46. The van der Waals surface area contributed by atoms with Crippen molar-refractivity contribution in [2.45, 2.75) is 45.6 Å².